The summed E-state index contributed by atoms with van der Waals surface area (Å²) in [6, 6.07) is 0.364. The zero-order chi connectivity index (χ0) is 8.97. The van der Waals surface area contributed by atoms with Crippen molar-refractivity contribution in [3.8, 4) is 0 Å². The van der Waals surface area contributed by atoms with Gasteiger partial charge >= 0.3 is 0 Å². The van der Waals surface area contributed by atoms with Crippen molar-refractivity contribution in [1.29, 1.82) is 0 Å². The third-order valence-electron chi connectivity index (χ3n) is 2.77. The molecule has 0 aromatic rings. The lowest BCUT2D eigenvalue weighted by Gasteiger charge is -2.30. The standard InChI is InChI=1S/C10H22N2/c1-9(2)10(11)8-12-6-4-3-5-7-12/h9-10H,3-8,11H2,1-2H3. The first-order valence-corrected chi connectivity index (χ1v) is 5.18. The molecule has 72 valence electrons. The fourth-order valence-corrected chi connectivity index (χ4v) is 1.65. The van der Waals surface area contributed by atoms with Gasteiger partial charge in [-0.3, -0.25) is 0 Å². The van der Waals surface area contributed by atoms with Crippen LogP contribution in [0.4, 0.5) is 0 Å². The van der Waals surface area contributed by atoms with Gasteiger partial charge in [-0.25, -0.2) is 0 Å². The molecule has 0 aliphatic carbocycles. The van der Waals surface area contributed by atoms with Crippen LogP contribution in [0.5, 0.6) is 0 Å². The Morgan fingerprint density at radius 3 is 2.25 bits per heavy atom. The van der Waals surface area contributed by atoms with Crippen molar-refractivity contribution in [3.63, 3.8) is 0 Å². The maximum atomic E-state index is 6.01. The van der Waals surface area contributed by atoms with Crippen LogP contribution in [-0.4, -0.2) is 30.6 Å². The van der Waals surface area contributed by atoms with Crippen LogP contribution >= 0.6 is 0 Å². The van der Waals surface area contributed by atoms with Gasteiger partial charge in [0.05, 0.1) is 0 Å². The fourth-order valence-electron chi connectivity index (χ4n) is 1.65. The van der Waals surface area contributed by atoms with Gasteiger partial charge in [0, 0.05) is 12.6 Å². The highest BCUT2D eigenvalue weighted by Crippen LogP contribution is 2.10. The molecule has 1 aliphatic rings. The zero-order valence-corrected chi connectivity index (χ0v) is 8.42. The highest BCUT2D eigenvalue weighted by molar-refractivity contribution is 4.73. The van der Waals surface area contributed by atoms with Crippen LogP contribution in [0.3, 0.4) is 0 Å². The molecule has 0 radical (unpaired) electrons. The third-order valence-corrected chi connectivity index (χ3v) is 2.77. The number of hydrogen-bond acceptors (Lipinski definition) is 2. The van der Waals surface area contributed by atoms with E-state index in [9.17, 15) is 0 Å². The monoisotopic (exact) mass is 170 g/mol. The molecular formula is C10H22N2. The summed E-state index contributed by atoms with van der Waals surface area (Å²) in [7, 11) is 0. The minimum atomic E-state index is 0.364. The maximum Gasteiger partial charge on any atom is 0.0191 e. The maximum absolute atomic E-state index is 6.01. The Kier molecular flexibility index (Phi) is 4.02. The lowest BCUT2D eigenvalue weighted by molar-refractivity contribution is 0.202. The second-order valence-corrected chi connectivity index (χ2v) is 4.27. The molecule has 1 atom stereocenters. The van der Waals surface area contributed by atoms with E-state index in [2.05, 4.69) is 18.7 Å². The SMILES string of the molecule is CC(C)C(N)CN1CCCCC1. The number of nitrogens with zero attached hydrogens (tertiary/aromatic N) is 1. The van der Waals surface area contributed by atoms with Crippen molar-refractivity contribution in [2.24, 2.45) is 11.7 Å². The summed E-state index contributed by atoms with van der Waals surface area (Å²) in [5.41, 5.74) is 6.01. The molecule has 1 aliphatic heterocycles. The molecule has 2 nitrogen and oxygen atoms in total. The first-order chi connectivity index (χ1) is 5.70. The lowest BCUT2D eigenvalue weighted by atomic mass is 10.0. The minimum absolute atomic E-state index is 0.364. The summed E-state index contributed by atoms with van der Waals surface area (Å²) < 4.78 is 0. The molecule has 0 amide bonds. The second-order valence-electron chi connectivity index (χ2n) is 4.27. The second kappa shape index (κ2) is 4.83. The molecule has 1 heterocycles. The highest BCUT2D eigenvalue weighted by Gasteiger charge is 2.15. The molecule has 2 N–H and O–H groups in total. The molecule has 0 saturated carbocycles. The van der Waals surface area contributed by atoms with E-state index >= 15 is 0 Å². The molecule has 1 saturated heterocycles. The molecule has 1 fully saturated rings. The largest absolute Gasteiger partial charge is 0.326 e. The number of rotatable bonds is 3. The van der Waals surface area contributed by atoms with Crippen molar-refractivity contribution in [3.05, 3.63) is 0 Å². The molecule has 0 spiro atoms. The van der Waals surface area contributed by atoms with Crippen LogP contribution in [0.15, 0.2) is 0 Å². The van der Waals surface area contributed by atoms with Gasteiger partial charge in [-0.2, -0.15) is 0 Å². The van der Waals surface area contributed by atoms with Gasteiger partial charge in [0.15, 0.2) is 0 Å². The summed E-state index contributed by atoms with van der Waals surface area (Å²) in [6.07, 6.45) is 4.14. The van der Waals surface area contributed by atoms with E-state index in [-0.39, 0.29) is 0 Å². The van der Waals surface area contributed by atoms with Crippen LogP contribution in [0.1, 0.15) is 33.1 Å². The average Bonchev–Trinajstić information content (AvgIpc) is 2.06. The molecule has 12 heavy (non-hydrogen) atoms. The van der Waals surface area contributed by atoms with Crippen LogP contribution in [0, 0.1) is 5.92 Å². The molecule has 0 bridgehead atoms. The Morgan fingerprint density at radius 1 is 1.17 bits per heavy atom. The van der Waals surface area contributed by atoms with Crippen LogP contribution in [0.2, 0.25) is 0 Å². The van der Waals surface area contributed by atoms with Crippen molar-refractivity contribution >= 4 is 0 Å². The normalized spacial score (nSPS) is 23.0. The third kappa shape index (κ3) is 3.11. The Balaban J connectivity index is 2.20. The van der Waals surface area contributed by atoms with Gasteiger partial charge < -0.3 is 10.6 Å². The summed E-state index contributed by atoms with van der Waals surface area (Å²) in [6.45, 7) is 8.03. The summed E-state index contributed by atoms with van der Waals surface area (Å²) >= 11 is 0. The molecular weight excluding hydrogens is 148 g/mol. The van der Waals surface area contributed by atoms with E-state index in [4.69, 9.17) is 5.73 Å². The summed E-state index contributed by atoms with van der Waals surface area (Å²) in [4.78, 5) is 2.51. The Hall–Kier alpha value is -0.0800. The van der Waals surface area contributed by atoms with E-state index in [0.717, 1.165) is 6.54 Å². The van der Waals surface area contributed by atoms with Gasteiger partial charge in [-0.1, -0.05) is 20.3 Å². The van der Waals surface area contributed by atoms with Crippen molar-refractivity contribution < 1.29 is 0 Å². The number of likely N-dealkylation sites (tertiary alicyclic amines) is 1. The van der Waals surface area contributed by atoms with Gasteiger partial charge in [0.25, 0.3) is 0 Å². The topological polar surface area (TPSA) is 29.3 Å². The van der Waals surface area contributed by atoms with Gasteiger partial charge in [0.1, 0.15) is 0 Å². The zero-order valence-electron chi connectivity index (χ0n) is 8.42. The first-order valence-electron chi connectivity index (χ1n) is 5.18. The number of piperidine rings is 1. The van der Waals surface area contributed by atoms with Gasteiger partial charge in [0.2, 0.25) is 0 Å². The average molecular weight is 170 g/mol. The fraction of sp³-hybridized carbons (Fsp3) is 1.00. The van der Waals surface area contributed by atoms with Crippen LogP contribution in [0.25, 0.3) is 0 Å². The summed E-state index contributed by atoms with van der Waals surface area (Å²) in [5, 5.41) is 0. The van der Waals surface area contributed by atoms with Crippen LogP contribution < -0.4 is 5.73 Å². The predicted molar refractivity (Wildman–Crippen MR) is 53.1 cm³/mol. The first kappa shape index (κ1) is 10.0. The molecule has 1 rings (SSSR count). The van der Waals surface area contributed by atoms with Crippen molar-refractivity contribution in [1.82, 2.24) is 4.90 Å². The Bertz CT molecular complexity index is 117. The van der Waals surface area contributed by atoms with E-state index in [1.165, 1.54) is 32.4 Å². The Morgan fingerprint density at radius 2 is 1.75 bits per heavy atom. The highest BCUT2D eigenvalue weighted by atomic mass is 15.1. The predicted octanol–water partition coefficient (Wildman–Crippen LogP) is 1.46. The van der Waals surface area contributed by atoms with Crippen molar-refractivity contribution in [2.45, 2.75) is 39.2 Å². The quantitative estimate of drug-likeness (QED) is 0.694. The van der Waals surface area contributed by atoms with E-state index in [0.29, 0.717) is 12.0 Å². The number of hydrogen-bond donors (Lipinski definition) is 1. The van der Waals surface area contributed by atoms with Crippen molar-refractivity contribution in [2.75, 3.05) is 19.6 Å². The molecule has 2 heteroatoms. The van der Waals surface area contributed by atoms with Crippen LogP contribution in [-0.2, 0) is 0 Å². The number of nitrogens with two attached hydrogens (primary N) is 1. The lowest BCUT2D eigenvalue weighted by Crippen LogP contribution is -2.42. The van der Waals surface area contributed by atoms with E-state index in [1.54, 1.807) is 0 Å². The minimum Gasteiger partial charge on any atom is -0.326 e. The Labute approximate surface area is 76.1 Å². The summed E-state index contributed by atoms with van der Waals surface area (Å²) in [5.74, 6) is 0.618. The van der Waals surface area contributed by atoms with E-state index < -0.39 is 0 Å². The molecule has 0 aromatic carbocycles. The smallest absolute Gasteiger partial charge is 0.0191 e. The van der Waals surface area contributed by atoms with E-state index in [1.807, 2.05) is 0 Å². The van der Waals surface area contributed by atoms with Gasteiger partial charge in [-0.15, -0.1) is 0 Å². The molecule has 1 unspecified atom stereocenters. The van der Waals surface area contributed by atoms with Gasteiger partial charge in [-0.05, 0) is 31.8 Å². The molecule has 0 aromatic heterocycles.